The van der Waals surface area contributed by atoms with Gasteiger partial charge in [-0.15, -0.1) is 0 Å². The normalized spacial score (nSPS) is 11.3. The van der Waals surface area contributed by atoms with Gasteiger partial charge in [0.15, 0.2) is 6.61 Å². The molecule has 2 aromatic rings. The van der Waals surface area contributed by atoms with Gasteiger partial charge in [-0.25, -0.2) is 4.79 Å². The van der Waals surface area contributed by atoms with Crippen LogP contribution in [0.15, 0.2) is 59.5 Å². The Kier molecular flexibility index (Phi) is 7.04. The molecule has 0 spiro atoms. The molecule has 8 heteroatoms. The van der Waals surface area contributed by atoms with Crippen LogP contribution >= 0.6 is 0 Å². The molecular weight excluding hydrogens is 356 g/mol. The van der Waals surface area contributed by atoms with E-state index in [9.17, 15) is 18.6 Å². The zero-order valence-electron chi connectivity index (χ0n) is 14.1. The Morgan fingerprint density at radius 1 is 0.962 bits per heavy atom. The Hall–Kier alpha value is -3.00. The number of hydrogen-bond donors (Lipinski definition) is 2. The molecule has 7 nitrogen and oxygen atoms in total. The standard InChI is InChI=1S/C18H18N2O5S/c1-2-26(24)15-11-7-6-10-14(15)18(23)25-12-16(21)19-20-17(22)13-8-4-3-5-9-13/h3-11H,2,12H2,1H3,(H,19,21)(H,20,22)/t26-/m1/s1. The van der Waals surface area contributed by atoms with Crippen LogP contribution in [0.25, 0.3) is 0 Å². The molecule has 0 aliphatic rings. The molecule has 0 saturated carbocycles. The number of amides is 2. The minimum Gasteiger partial charge on any atom is -0.452 e. The van der Waals surface area contributed by atoms with Crippen LogP contribution in [0.1, 0.15) is 27.6 Å². The first-order valence-electron chi connectivity index (χ1n) is 7.81. The van der Waals surface area contributed by atoms with Crippen LogP contribution in [-0.2, 0) is 20.3 Å². The topological polar surface area (TPSA) is 102 Å². The number of nitrogens with one attached hydrogen (secondary N) is 2. The van der Waals surface area contributed by atoms with Crippen LogP contribution in [-0.4, -0.2) is 34.4 Å². The van der Waals surface area contributed by atoms with E-state index in [0.717, 1.165) is 0 Å². The third-order valence-electron chi connectivity index (χ3n) is 3.30. The number of ether oxygens (including phenoxy) is 1. The Balaban J connectivity index is 1.87. The lowest BCUT2D eigenvalue weighted by atomic mass is 10.2. The van der Waals surface area contributed by atoms with Crippen LogP contribution < -0.4 is 10.9 Å². The summed E-state index contributed by atoms with van der Waals surface area (Å²) in [6.07, 6.45) is 0. The maximum Gasteiger partial charge on any atom is 0.339 e. The van der Waals surface area contributed by atoms with Crippen molar-refractivity contribution in [2.24, 2.45) is 0 Å². The van der Waals surface area contributed by atoms with E-state index in [1.54, 1.807) is 55.5 Å². The Labute approximate surface area is 153 Å². The largest absolute Gasteiger partial charge is 0.452 e. The Morgan fingerprint density at radius 3 is 2.31 bits per heavy atom. The fourth-order valence-electron chi connectivity index (χ4n) is 2.02. The zero-order valence-corrected chi connectivity index (χ0v) is 14.9. The van der Waals surface area contributed by atoms with Gasteiger partial charge in [-0.1, -0.05) is 37.3 Å². The number of carbonyl (C=O) groups is 3. The molecule has 2 aromatic carbocycles. The highest BCUT2D eigenvalue weighted by Crippen LogP contribution is 2.15. The van der Waals surface area contributed by atoms with Crippen molar-refractivity contribution in [3.63, 3.8) is 0 Å². The Morgan fingerprint density at radius 2 is 1.62 bits per heavy atom. The van der Waals surface area contributed by atoms with Crippen LogP contribution in [0.3, 0.4) is 0 Å². The predicted octanol–water partition coefficient (Wildman–Crippen LogP) is 1.43. The SMILES string of the molecule is CC[S@@](=O)c1ccccc1C(=O)OCC(=O)NNC(=O)c1ccccc1. The summed E-state index contributed by atoms with van der Waals surface area (Å²) in [5.74, 6) is -1.59. The van der Waals surface area contributed by atoms with Crippen molar-refractivity contribution >= 4 is 28.6 Å². The second kappa shape index (κ2) is 9.47. The third-order valence-corrected chi connectivity index (χ3v) is 4.67. The summed E-state index contributed by atoms with van der Waals surface area (Å²) in [5.41, 5.74) is 4.91. The summed E-state index contributed by atoms with van der Waals surface area (Å²) in [6.45, 7) is 1.15. The highest BCUT2D eigenvalue weighted by Gasteiger charge is 2.17. The summed E-state index contributed by atoms with van der Waals surface area (Å²) in [5, 5.41) is 0. The first-order valence-corrected chi connectivity index (χ1v) is 9.13. The molecule has 2 N–H and O–H groups in total. The summed E-state index contributed by atoms with van der Waals surface area (Å²) in [7, 11) is -1.33. The molecule has 26 heavy (non-hydrogen) atoms. The van der Waals surface area contributed by atoms with Gasteiger partial charge in [0.1, 0.15) is 0 Å². The van der Waals surface area contributed by atoms with Gasteiger partial charge in [0.2, 0.25) is 0 Å². The number of carbonyl (C=O) groups excluding carboxylic acids is 3. The van der Waals surface area contributed by atoms with Crippen molar-refractivity contribution in [3.05, 3.63) is 65.7 Å². The lowest BCUT2D eigenvalue weighted by Crippen LogP contribution is -2.43. The van der Waals surface area contributed by atoms with E-state index in [1.165, 1.54) is 6.07 Å². The Bertz CT molecular complexity index is 823. The van der Waals surface area contributed by atoms with Crippen molar-refractivity contribution in [2.75, 3.05) is 12.4 Å². The predicted molar refractivity (Wildman–Crippen MR) is 95.7 cm³/mol. The number of esters is 1. The highest BCUT2D eigenvalue weighted by atomic mass is 32.2. The van der Waals surface area contributed by atoms with Crippen molar-refractivity contribution in [2.45, 2.75) is 11.8 Å². The number of benzene rings is 2. The van der Waals surface area contributed by atoms with E-state index in [1.807, 2.05) is 0 Å². The number of rotatable bonds is 6. The molecule has 0 aliphatic carbocycles. The molecule has 0 saturated heterocycles. The lowest BCUT2D eigenvalue weighted by Gasteiger charge is -2.10. The second-order valence-corrected chi connectivity index (χ2v) is 6.78. The molecule has 2 amide bonds. The first-order chi connectivity index (χ1) is 12.5. The van der Waals surface area contributed by atoms with Gasteiger partial charge < -0.3 is 4.74 Å². The van der Waals surface area contributed by atoms with Gasteiger partial charge >= 0.3 is 5.97 Å². The average molecular weight is 374 g/mol. The van der Waals surface area contributed by atoms with E-state index < -0.39 is 35.2 Å². The average Bonchev–Trinajstić information content (AvgIpc) is 2.70. The van der Waals surface area contributed by atoms with Gasteiger partial charge in [0.05, 0.1) is 21.3 Å². The number of hydrazine groups is 1. The van der Waals surface area contributed by atoms with Crippen LogP contribution in [0.4, 0.5) is 0 Å². The van der Waals surface area contributed by atoms with E-state index in [4.69, 9.17) is 4.74 Å². The van der Waals surface area contributed by atoms with Crippen molar-refractivity contribution in [1.29, 1.82) is 0 Å². The van der Waals surface area contributed by atoms with E-state index in [-0.39, 0.29) is 5.56 Å². The van der Waals surface area contributed by atoms with Crippen molar-refractivity contribution < 1.29 is 23.3 Å². The molecule has 0 fully saturated rings. The minimum atomic E-state index is -1.33. The minimum absolute atomic E-state index is 0.147. The third kappa shape index (κ3) is 5.25. The maximum absolute atomic E-state index is 12.1. The molecule has 0 aromatic heterocycles. The van der Waals surface area contributed by atoms with Gasteiger partial charge in [0, 0.05) is 11.3 Å². The molecular formula is C18H18N2O5S. The quantitative estimate of drug-likeness (QED) is 0.588. The molecule has 0 unspecified atom stereocenters. The van der Waals surface area contributed by atoms with Gasteiger partial charge in [-0.05, 0) is 24.3 Å². The smallest absolute Gasteiger partial charge is 0.339 e. The molecule has 0 radical (unpaired) electrons. The molecule has 2 rings (SSSR count). The van der Waals surface area contributed by atoms with Gasteiger partial charge in [0.25, 0.3) is 11.8 Å². The van der Waals surface area contributed by atoms with Crippen LogP contribution in [0, 0.1) is 0 Å². The maximum atomic E-state index is 12.1. The molecule has 0 aliphatic heterocycles. The van der Waals surface area contributed by atoms with Crippen LogP contribution in [0.5, 0.6) is 0 Å². The molecule has 136 valence electrons. The van der Waals surface area contributed by atoms with E-state index in [0.29, 0.717) is 16.2 Å². The summed E-state index contributed by atoms with van der Waals surface area (Å²) >= 11 is 0. The van der Waals surface area contributed by atoms with E-state index in [2.05, 4.69) is 10.9 Å². The fraction of sp³-hybridized carbons (Fsp3) is 0.167. The molecule has 0 bridgehead atoms. The second-order valence-electron chi connectivity index (χ2n) is 5.07. The van der Waals surface area contributed by atoms with Crippen LogP contribution in [0.2, 0.25) is 0 Å². The van der Waals surface area contributed by atoms with Gasteiger partial charge in [-0.3, -0.25) is 24.6 Å². The highest BCUT2D eigenvalue weighted by molar-refractivity contribution is 7.85. The lowest BCUT2D eigenvalue weighted by molar-refractivity contribution is -0.125. The van der Waals surface area contributed by atoms with Crippen molar-refractivity contribution in [1.82, 2.24) is 10.9 Å². The monoisotopic (exact) mass is 374 g/mol. The molecule has 0 heterocycles. The summed E-state index contributed by atoms with van der Waals surface area (Å²) < 4.78 is 16.9. The van der Waals surface area contributed by atoms with E-state index >= 15 is 0 Å². The first kappa shape index (κ1) is 19.3. The van der Waals surface area contributed by atoms with Gasteiger partial charge in [-0.2, -0.15) is 0 Å². The van der Waals surface area contributed by atoms with Crippen molar-refractivity contribution in [3.8, 4) is 0 Å². The summed E-state index contributed by atoms with van der Waals surface area (Å²) in [4.78, 5) is 36.0. The number of hydrogen-bond acceptors (Lipinski definition) is 5. The zero-order chi connectivity index (χ0) is 18.9. The summed E-state index contributed by atoms with van der Waals surface area (Å²) in [6, 6.07) is 14.7. The fourth-order valence-corrected chi connectivity index (χ4v) is 2.96. The molecule has 1 atom stereocenters.